The van der Waals surface area contributed by atoms with E-state index in [4.69, 9.17) is 16.3 Å². The first-order chi connectivity index (χ1) is 11.7. The molecule has 1 aromatic carbocycles. The molecule has 3 heterocycles. The quantitative estimate of drug-likeness (QED) is 0.648. The Morgan fingerprint density at radius 1 is 1.29 bits per heavy atom. The van der Waals surface area contributed by atoms with Crippen molar-refractivity contribution in [3.63, 3.8) is 0 Å². The van der Waals surface area contributed by atoms with Gasteiger partial charge in [0.2, 0.25) is 0 Å². The fourth-order valence-corrected chi connectivity index (χ4v) is 4.58. The van der Waals surface area contributed by atoms with E-state index in [1.807, 2.05) is 12.1 Å². The Balaban J connectivity index is 1.34. The number of nitrogens with zero attached hydrogens (tertiary/aromatic N) is 2. The topological polar surface area (TPSA) is 57.1 Å². The number of aliphatic hydroxyl groups is 1. The maximum Gasteiger partial charge on any atom is 0.193 e. The summed E-state index contributed by atoms with van der Waals surface area (Å²) in [4.78, 5) is 6.72. The highest BCUT2D eigenvalue weighted by atomic mass is 35.5. The van der Waals surface area contributed by atoms with E-state index in [9.17, 15) is 5.11 Å². The summed E-state index contributed by atoms with van der Waals surface area (Å²) >= 11 is 5.89. The Morgan fingerprint density at radius 3 is 2.50 bits per heavy atom. The van der Waals surface area contributed by atoms with Crippen LogP contribution in [0.1, 0.15) is 24.5 Å². The summed E-state index contributed by atoms with van der Waals surface area (Å²) in [5, 5.41) is 14.3. The van der Waals surface area contributed by atoms with E-state index < -0.39 is 6.10 Å². The number of aliphatic hydroxyl groups excluding tert-OH is 1. The van der Waals surface area contributed by atoms with Crippen molar-refractivity contribution < 1.29 is 9.84 Å². The Kier molecular flexibility index (Phi) is 4.41. The number of ether oxygens (including phenoxy) is 1. The third kappa shape index (κ3) is 2.89. The van der Waals surface area contributed by atoms with Crippen LogP contribution < -0.4 is 5.32 Å². The van der Waals surface area contributed by atoms with Crippen LogP contribution in [-0.2, 0) is 4.74 Å². The molecular formula is C18H24ClN3O2. The lowest BCUT2D eigenvalue weighted by atomic mass is 9.82. The first kappa shape index (κ1) is 16.2. The molecule has 0 aromatic heterocycles. The second-order valence-corrected chi connectivity index (χ2v) is 7.45. The highest BCUT2D eigenvalue weighted by Gasteiger charge is 2.53. The molecule has 1 aromatic rings. The standard InChI is InChI=1S/C18H24ClN3O2/c1-20-18(21-8-15(23)11-2-4-12(19)5-3-11)22-9-13-14(10-22)17-7-6-16(13)24-17/h2-5,13-17,23H,6-10H2,1H3,(H,20,21). The third-order valence-corrected chi connectivity index (χ3v) is 5.92. The molecule has 0 saturated carbocycles. The van der Waals surface area contributed by atoms with Crippen molar-refractivity contribution in [1.29, 1.82) is 0 Å². The summed E-state index contributed by atoms with van der Waals surface area (Å²) in [7, 11) is 1.80. The first-order valence-corrected chi connectivity index (χ1v) is 9.08. The van der Waals surface area contributed by atoms with E-state index >= 15 is 0 Å². The molecule has 2 N–H and O–H groups in total. The number of rotatable bonds is 3. The molecular weight excluding hydrogens is 326 g/mol. The lowest BCUT2D eigenvalue weighted by Crippen LogP contribution is -2.42. The minimum Gasteiger partial charge on any atom is -0.387 e. The van der Waals surface area contributed by atoms with Crippen LogP contribution in [0.3, 0.4) is 0 Å². The molecule has 0 radical (unpaired) electrons. The maximum absolute atomic E-state index is 10.4. The van der Waals surface area contributed by atoms with E-state index in [0.717, 1.165) is 24.6 Å². The van der Waals surface area contributed by atoms with E-state index in [2.05, 4.69) is 15.2 Å². The van der Waals surface area contributed by atoms with Gasteiger partial charge in [-0.25, -0.2) is 0 Å². The van der Waals surface area contributed by atoms with E-state index in [1.54, 1.807) is 19.2 Å². The molecule has 3 aliphatic rings. The molecule has 5 atom stereocenters. The molecule has 0 spiro atoms. The number of hydrogen-bond acceptors (Lipinski definition) is 3. The van der Waals surface area contributed by atoms with Crippen LogP contribution in [-0.4, -0.2) is 54.9 Å². The lowest BCUT2D eigenvalue weighted by molar-refractivity contribution is 0.0766. The molecule has 130 valence electrons. The van der Waals surface area contributed by atoms with Gasteiger partial charge in [0.05, 0.1) is 18.3 Å². The molecule has 3 saturated heterocycles. The average Bonchev–Trinajstić information content (AvgIpc) is 3.29. The summed E-state index contributed by atoms with van der Waals surface area (Å²) in [6.45, 7) is 2.44. The molecule has 0 aliphatic carbocycles. The Hall–Kier alpha value is -1.30. The van der Waals surface area contributed by atoms with Gasteiger partial charge >= 0.3 is 0 Å². The molecule has 4 rings (SSSR count). The van der Waals surface area contributed by atoms with Crippen LogP contribution in [0.5, 0.6) is 0 Å². The largest absolute Gasteiger partial charge is 0.387 e. The Morgan fingerprint density at radius 2 is 1.92 bits per heavy atom. The minimum absolute atomic E-state index is 0.434. The van der Waals surface area contributed by atoms with Crippen molar-refractivity contribution in [2.24, 2.45) is 16.8 Å². The smallest absolute Gasteiger partial charge is 0.193 e. The Labute approximate surface area is 147 Å². The van der Waals surface area contributed by atoms with Gasteiger partial charge in [0.25, 0.3) is 0 Å². The number of benzene rings is 1. The number of halogens is 1. The normalized spacial score (nSPS) is 33.0. The zero-order chi connectivity index (χ0) is 16.7. The van der Waals surface area contributed by atoms with Crippen LogP contribution in [0.2, 0.25) is 5.02 Å². The highest BCUT2D eigenvalue weighted by molar-refractivity contribution is 6.30. The van der Waals surface area contributed by atoms with Gasteiger partial charge in [0.1, 0.15) is 0 Å². The predicted octanol–water partition coefficient (Wildman–Crippen LogP) is 2.06. The molecule has 5 nitrogen and oxygen atoms in total. The van der Waals surface area contributed by atoms with Crippen LogP contribution in [0.4, 0.5) is 0 Å². The van der Waals surface area contributed by atoms with Gasteiger partial charge in [-0.1, -0.05) is 23.7 Å². The van der Waals surface area contributed by atoms with Crippen LogP contribution in [0, 0.1) is 11.8 Å². The van der Waals surface area contributed by atoms with Crippen LogP contribution in [0.25, 0.3) is 0 Å². The SMILES string of the molecule is CN=C(NCC(O)c1ccc(Cl)cc1)N1CC2C3CCC(O3)C2C1. The van der Waals surface area contributed by atoms with Crippen molar-refractivity contribution in [1.82, 2.24) is 10.2 Å². The van der Waals surface area contributed by atoms with Crippen molar-refractivity contribution in [2.75, 3.05) is 26.7 Å². The van der Waals surface area contributed by atoms with Crippen molar-refractivity contribution in [3.8, 4) is 0 Å². The number of nitrogens with one attached hydrogen (secondary N) is 1. The van der Waals surface area contributed by atoms with Crippen LogP contribution >= 0.6 is 11.6 Å². The number of fused-ring (bicyclic) bond motifs is 5. The molecule has 3 fully saturated rings. The molecule has 24 heavy (non-hydrogen) atoms. The molecule has 2 bridgehead atoms. The molecule has 5 unspecified atom stereocenters. The number of aliphatic imine (C=N–C) groups is 1. The number of likely N-dealkylation sites (tertiary alicyclic amines) is 1. The van der Waals surface area contributed by atoms with Crippen molar-refractivity contribution in [2.45, 2.75) is 31.2 Å². The summed E-state index contributed by atoms with van der Waals surface area (Å²) in [6, 6.07) is 7.30. The molecule has 6 heteroatoms. The zero-order valence-electron chi connectivity index (χ0n) is 13.9. The lowest BCUT2D eigenvalue weighted by Gasteiger charge is -2.24. The summed E-state index contributed by atoms with van der Waals surface area (Å²) in [5.74, 6) is 2.16. The van der Waals surface area contributed by atoms with Gasteiger partial charge in [0.15, 0.2) is 5.96 Å². The fraction of sp³-hybridized carbons (Fsp3) is 0.611. The molecule has 0 amide bonds. The molecule has 3 aliphatic heterocycles. The van der Waals surface area contributed by atoms with Gasteiger partial charge < -0.3 is 20.1 Å². The highest BCUT2D eigenvalue weighted by Crippen LogP contribution is 2.47. The average molecular weight is 350 g/mol. The van der Waals surface area contributed by atoms with Crippen molar-refractivity contribution in [3.05, 3.63) is 34.9 Å². The predicted molar refractivity (Wildman–Crippen MR) is 94.2 cm³/mol. The number of guanidine groups is 1. The summed E-state index contributed by atoms with van der Waals surface area (Å²) in [6.07, 6.45) is 2.73. The number of hydrogen-bond donors (Lipinski definition) is 2. The monoisotopic (exact) mass is 349 g/mol. The van der Waals surface area contributed by atoms with Gasteiger partial charge in [0, 0.05) is 43.5 Å². The van der Waals surface area contributed by atoms with Gasteiger partial charge in [-0.05, 0) is 30.5 Å². The van der Waals surface area contributed by atoms with Gasteiger partial charge in [-0.2, -0.15) is 0 Å². The van der Waals surface area contributed by atoms with Gasteiger partial charge in [-0.15, -0.1) is 0 Å². The minimum atomic E-state index is -0.583. The maximum atomic E-state index is 10.4. The summed E-state index contributed by atoms with van der Waals surface area (Å²) in [5.41, 5.74) is 0.854. The van der Waals surface area contributed by atoms with E-state index in [-0.39, 0.29) is 0 Å². The summed E-state index contributed by atoms with van der Waals surface area (Å²) < 4.78 is 6.03. The van der Waals surface area contributed by atoms with E-state index in [1.165, 1.54) is 12.8 Å². The van der Waals surface area contributed by atoms with Crippen LogP contribution in [0.15, 0.2) is 29.3 Å². The Bertz CT molecular complexity index is 603. The second kappa shape index (κ2) is 6.54. The van der Waals surface area contributed by atoms with Gasteiger partial charge in [-0.3, -0.25) is 4.99 Å². The second-order valence-electron chi connectivity index (χ2n) is 7.02. The first-order valence-electron chi connectivity index (χ1n) is 8.70. The van der Waals surface area contributed by atoms with Crippen molar-refractivity contribution >= 4 is 17.6 Å². The fourth-order valence-electron chi connectivity index (χ4n) is 4.46. The zero-order valence-corrected chi connectivity index (χ0v) is 14.6. The van der Waals surface area contributed by atoms with E-state index in [0.29, 0.717) is 35.6 Å². The third-order valence-electron chi connectivity index (χ3n) is 5.67.